The first kappa shape index (κ1) is 20.9. The summed E-state index contributed by atoms with van der Waals surface area (Å²) in [6.45, 7) is 2.55. The Hall–Kier alpha value is -2.82. The van der Waals surface area contributed by atoms with E-state index in [4.69, 9.17) is 16.3 Å². The second kappa shape index (κ2) is 9.59. The van der Waals surface area contributed by atoms with Crippen LogP contribution in [0, 0.1) is 0 Å². The van der Waals surface area contributed by atoms with Gasteiger partial charge in [-0.05, 0) is 36.8 Å². The molecule has 2 N–H and O–H groups in total. The van der Waals surface area contributed by atoms with Gasteiger partial charge in [0, 0.05) is 21.8 Å². The molecule has 0 aliphatic rings. The van der Waals surface area contributed by atoms with E-state index in [2.05, 4.69) is 5.32 Å². The maximum absolute atomic E-state index is 13.0. The Balaban J connectivity index is 1.74. The summed E-state index contributed by atoms with van der Waals surface area (Å²) in [6.07, 6.45) is 0. The van der Waals surface area contributed by atoms with Crippen LogP contribution in [-0.2, 0) is 11.3 Å². The normalized spacial score (nSPS) is 12.8. The largest absolute Gasteiger partial charge is 0.496 e. The minimum absolute atomic E-state index is 0.0353. The fraction of sp³-hybridized carbons (Fsp3) is 0.208. The van der Waals surface area contributed by atoms with Gasteiger partial charge in [-0.25, -0.2) is 0 Å². The summed E-state index contributed by atoms with van der Waals surface area (Å²) in [7, 11) is 3.63. The standard InChI is InChI=1S/C24H25ClN2O2/c1-17(27(2)16-19-15-20(25)13-14-23(19)29-3)24(28)26-22-12-8-7-11-21(22)18-9-5-4-6-10-18/h4-15,17H,16H2,1-3H3,(H,26,28)/p+1/t17-/m1/s1. The number of methoxy groups -OCH3 is 1. The molecule has 0 saturated carbocycles. The molecule has 4 nitrogen and oxygen atoms in total. The molecular formula is C24H26ClN2O2+. The molecular weight excluding hydrogens is 384 g/mol. The third kappa shape index (κ3) is 5.17. The summed E-state index contributed by atoms with van der Waals surface area (Å²) in [6, 6.07) is 23.2. The van der Waals surface area contributed by atoms with Crippen molar-refractivity contribution in [3.8, 4) is 16.9 Å². The lowest BCUT2D eigenvalue weighted by molar-refractivity contribution is -0.907. The third-order valence-electron chi connectivity index (χ3n) is 5.11. The highest BCUT2D eigenvalue weighted by molar-refractivity contribution is 6.30. The zero-order chi connectivity index (χ0) is 20.8. The second-order valence-electron chi connectivity index (χ2n) is 7.10. The van der Waals surface area contributed by atoms with Crippen molar-refractivity contribution < 1.29 is 14.4 Å². The summed E-state index contributed by atoms with van der Waals surface area (Å²) in [5.74, 6) is 0.739. The molecule has 150 valence electrons. The summed E-state index contributed by atoms with van der Waals surface area (Å²) < 4.78 is 5.43. The van der Waals surface area contributed by atoms with E-state index in [1.165, 1.54) is 0 Å². The molecule has 29 heavy (non-hydrogen) atoms. The molecule has 5 heteroatoms. The van der Waals surface area contributed by atoms with Crippen molar-refractivity contribution in [1.29, 1.82) is 0 Å². The molecule has 0 radical (unpaired) electrons. The number of ether oxygens (including phenoxy) is 1. The quantitative estimate of drug-likeness (QED) is 0.618. The van der Waals surface area contributed by atoms with Crippen LogP contribution in [0.3, 0.4) is 0 Å². The van der Waals surface area contributed by atoms with E-state index in [1.54, 1.807) is 13.2 Å². The molecule has 3 rings (SSSR count). The van der Waals surface area contributed by atoms with E-state index in [0.717, 1.165) is 33.0 Å². The summed E-state index contributed by atoms with van der Waals surface area (Å²) >= 11 is 6.14. The Morgan fingerprint density at radius 3 is 2.48 bits per heavy atom. The van der Waals surface area contributed by atoms with Gasteiger partial charge >= 0.3 is 0 Å². The number of hydrogen-bond acceptors (Lipinski definition) is 2. The van der Waals surface area contributed by atoms with Gasteiger partial charge in [-0.2, -0.15) is 0 Å². The first-order chi connectivity index (χ1) is 14.0. The lowest BCUT2D eigenvalue weighted by atomic mass is 10.0. The number of quaternary nitrogens is 1. The van der Waals surface area contributed by atoms with Crippen LogP contribution in [-0.4, -0.2) is 26.1 Å². The minimum Gasteiger partial charge on any atom is -0.496 e. The van der Waals surface area contributed by atoms with E-state index in [9.17, 15) is 4.79 Å². The van der Waals surface area contributed by atoms with Gasteiger partial charge in [0.2, 0.25) is 0 Å². The number of nitrogens with one attached hydrogen (secondary N) is 2. The van der Waals surface area contributed by atoms with Crippen molar-refractivity contribution >= 4 is 23.2 Å². The third-order valence-corrected chi connectivity index (χ3v) is 5.35. The average molecular weight is 410 g/mol. The lowest BCUT2D eigenvalue weighted by Gasteiger charge is -2.22. The Morgan fingerprint density at radius 2 is 1.76 bits per heavy atom. The van der Waals surface area contributed by atoms with Gasteiger partial charge in [0.05, 0.1) is 14.2 Å². The molecule has 2 atom stereocenters. The summed E-state index contributed by atoms with van der Waals surface area (Å²) in [5.41, 5.74) is 3.86. The number of amides is 1. The number of hydrogen-bond donors (Lipinski definition) is 2. The van der Waals surface area contributed by atoms with Crippen LogP contribution < -0.4 is 15.0 Å². The van der Waals surface area contributed by atoms with E-state index in [1.807, 2.05) is 80.7 Å². The van der Waals surface area contributed by atoms with Crippen LogP contribution in [0.15, 0.2) is 72.8 Å². The van der Waals surface area contributed by atoms with E-state index in [0.29, 0.717) is 11.6 Å². The van der Waals surface area contributed by atoms with Crippen molar-refractivity contribution in [3.05, 3.63) is 83.4 Å². The van der Waals surface area contributed by atoms with Gasteiger partial charge in [-0.3, -0.25) is 4.79 Å². The van der Waals surface area contributed by atoms with Gasteiger partial charge in [-0.15, -0.1) is 0 Å². The number of carbonyl (C=O) groups is 1. The highest BCUT2D eigenvalue weighted by atomic mass is 35.5. The van der Waals surface area contributed by atoms with Crippen LogP contribution >= 0.6 is 11.6 Å². The minimum atomic E-state index is -0.262. The van der Waals surface area contributed by atoms with Gasteiger partial charge in [0.15, 0.2) is 6.04 Å². The molecule has 1 amide bonds. The van der Waals surface area contributed by atoms with Gasteiger partial charge < -0.3 is 15.0 Å². The van der Waals surface area contributed by atoms with E-state index >= 15 is 0 Å². The predicted molar refractivity (Wildman–Crippen MR) is 119 cm³/mol. The average Bonchev–Trinajstić information content (AvgIpc) is 2.74. The van der Waals surface area contributed by atoms with Gasteiger partial charge in [0.1, 0.15) is 12.3 Å². The Labute approximate surface area is 177 Å². The van der Waals surface area contributed by atoms with Crippen molar-refractivity contribution in [2.24, 2.45) is 0 Å². The molecule has 0 heterocycles. The smallest absolute Gasteiger partial charge is 0.282 e. The molecule has 0 fully saturated rings. The van der Waals surface area contributed by atoms with Gasteiger partial charge in [-0.1, -0.05) is 60.1 Å². The van der Waals surface area contributed by atoms with Crippen molar-refractivity contribution in [1.82, 2.24) is 0 Å². The zero-order valence-corrected chi connectivity index (χ0v) is 17.7. The molecule has 0 aliphatic heterocycles. The summed E-state index contributed by atoms with van der Waals surface area (Å²) in [5, 5.41) is 3.75. The van der Waals surface area contributed by atoms with Crippen molar-refractivity contribution in [2.75, 3.05) is 19.5 Å². The fourth-order valence-corrected chi connectivity index (χ4v) is 3.46. The summed E-state index contributed by atoms with van der Waals surface area (Å²) in [4.78, 5) is 14.0. The molecule has 0 saturated heterocycles. The molecule has 0 bridgehead atoms. The lowest BCUT2D eigenvalue weighted by Crippen LogP contribution is -3.12. The number of likely N-dealkylation sites (N-methyl/N-ethyl adjacent to an activating group) is 1. The topological polar surface area (TPSA) is 42.8 Å². The van der Waals surface area contributed by atoms with E-state index in [-0.39, 0.29) is 11.9 Å². The molecule has 0 aliphatic carbocycles. The van der Waals surface area contributed by atoms with Crippen LogP contribution in [0.5, 0.6) is 5.75 Å². The first-order valence-corrected chi connectivity index (χ1v) is 9.97. The SMILES string of the molecule is COc1ccc(Cl)cc1C[NH+](C)[C@H](C)C(=O)Nc1ccccc1-c1ccccc1. The van der Waals surface area contributed by atoms with Crippen LogP contribution in [0.2, 0.25) is 5.02 Å². The number of para-hydroxylation sites is 1. The molecule has 3 aromatic carbocycles. The van der Waals surface area contributed by atoms with Crippen LogP contribution in [0.1, 0.15) is 12.5 Å². The predicted octanol–water partition coefficient (Wildman–Crippen LogP) is 4.06. The van der Waals surface area contributed by atoms with Crippen LogP contribution in [0.4, 0.5) is 5.69 Å². The first-order valence-electron chi connectivity index (χ1n) is 9.59. The van der Waals surface area contributed by atoms with Gasteiger partial charge in [0.25, 0.3) is 5.91 Å². The molecule has 0 spiro atoms. The monoisotopic (exact) mass is 409 g/mol. The maximum atomic E-state index is 13.0. The zero-order valence-electron chi connectivity index (χ0n) is 16.9. The highest BCUT2D eigenvalue weighted by Crippen LogP contribution is 2.27. The number of anilines is 1. The Morgan fingerprint density at radius 1 is 1.07 bits per heavy atom. The Kier molecular flexibility index (Phi) is 6.91. The van der Waals surface area contributed by atoms with E-state index < -0.39 is 0 Å². The molecule has 1 unspecified atom stereocenters. The Bertz CT molecular complexity index is 976. The van der Waals surface area contributed by atoms with Crippen molar-refractivity contribution in [3.63, 3.8) is 0 Å². The molecule has 3 aromatic rings. The van der Waals surface area contributed by atoms with Crippen molar-refractivity contribution in [2.45, 2.75) is 19.5 Å². The number of carbonyl (C=O) groups excluding carboxylic acids is 1. The second-order valence-corrected chi connectivity index (χ2v) is 7.54. The number of halogens is 1. The maximum Gasteiger partial charge on any atom is 0.282 e. The number of benzene rings is 3. The number of rotatable bonds is 7. The molecule has 0 aromatic heterocycles. The van der Waals surface area contributed by atoms with Crippen LogP contribution in [0.25, 0.3) is 11.1 Å². The highest BCUT2D eigenvalue weighted by Gasteiger charge is 2.24. The fourth-order valence-electron chi connectivity index (χ4n) is 3.27.